The number of hydrogen-bond acceptors (Lipinski definition) is 4. The van der Waals surface area contributed by atoms with Crippen molar-refractivity contribution in [1.29, 1.82) is 0 Å². The minimum Gasteiger partial charge on any atom is -0.360 e. The summed E-state index contributed by atoms with van der Waals surface area (Å²) in [6.07, 6.45) is 17.6. The number of allylic oxidation sites excluding steroid dienone is 2. The molecular formula is C34H46Br2N2S2. The molecule has 4 unspecified atom stereocenters. The summed E-state index contributed by atoms with van der Waals surface area (Å²) in [7, 11) is 0. The third kappa shape index (κ3) is 6.56. The standard InChI is InChI=1S/C34H46Br2N2S2/c1-33(2,3)23-11-13-25-29(19-23)39-31-21-28-32(22-27(31)37(25)17-9-7-15-35)40-30-20-24(34(4,5)6)12-14-26(30)38(28)18-10-8-16-36/h11-14,19-22,25,27-29H,7-10,15-18H2,1-6H3. The molecule has 6 heteroatoms. The normalized spacial score (nSPS) is 26.3. The number of benzene rings is 1. The molecule has 2 heterocycles. The summed E-state index contributed by atoms with van der Waals surface area (Å²) in [5.74, 6) is 0. The molecule has 218 valence electrons. The van der Waals surface area contributed by atoms with E-state index < -0.39 is 0 Å². The topological polar surface area (TPSA) is 6.48 Å². The molecule has 1 aromatic carbocycles. The molecule has 0 amide bonds. The van der Waals surface area contributed by atoms with E-state index in [-0.39, 0.29) is 10.8 Å². The molecule has 5 rings (SSSR count). The second-order valence-electron chi connectivity index (χ2n) is 13.6. The highest BCUT2D eigenvalue weighted by Crippen LogP contribution is 2.52. The number of alkyl halides is 2. The van der Waals surface area contributed by atoms with Crippen molar-refractivity contribution >= 4 is 61.1 Å². The third-order valence-corrected chi connectivity index (χ3v) is 12.2. The maximum Gasteiger partial charge on any atom is 0.0797 e. The molecule has 4 aliphatic rings. The number of nitrogens with zero attached hydrogens (tertiary/aromatic N) is 2. The van der Waals surface area contributed by atoms with E-state index in [2.05, 4.69) is 144 Å². The highest BCUT2D eigenvalue weighted by atomic mass is 79.9. The van der Waals surface area contributed by atoms with E-state index in [1.807, 2.05) is 11.8 Å². The Hall–Kier alpha value is -0.400. The molecular weight excluding hydrogens is 660 g/mol. The molecule has 0 saturated carbocycles. The van der Waals surface area contributed by atoms with Crippen molar-refractivity contribution < 1.29 is 0 Å². The van der Waals surface area contributed by atoms with Crippen molar-refractivity contribution in [2.45, 2.75) is 101 Å². The largest absolute Gasteiger partial charge is 0.360 e. The minimum absolute atomic E-state index is 0.148. The number of thioether (sulfide) groups is 2. The van der Waals surface area contributed by atoms with Crippen LogP contribution in [0.4, 0.5) is 5.69 Å². The molecule has 2 aliphatic heterocycles. The molecule has 4 atom stereocenters. The third-order valence-electron chi connectivity index (χ3n) is 8.54. The number of anilines is 1. The van der Waals surface area contributed by atoms with Crippen LogP contribution in [-0.2, 0) is 5.41 Å². The Bertz CT molecular complexity index is 1200. The lowest BCUT2D eigenvalue weighted by molar-refractivity contribution is 0.204. The van der Waals surface area contributed by atoms with Gasteiger partial charge in [-0.05, 0) is 72.4 Å². The summed E-state index contributed by atoms with van der Waals surface area (Å²) >= 11 is 11.5. The lowest BCUT2D eigenvalue weighted by Crippen LogP contribution is -2.53. The van der Waals surface area contributed by atoms with E-state index >= 15 is 0 Å². The van der Waals surface area contributed by atoms with Crippen LogP contribution in [0, 0.1) is 5.41 Å². The quantitative estimate of drug-likeness (QED) is 0.196. The average Bonchev–Trinajstić information content (AvgIpc) is 2.90. The van der Waals surface area contributed by atoms with Crippen LogP contribution in [0.15, 0.2) is 68.9 Å². The summed E-state index contributed by atoms with van der Waals surface area (Å²) in [5.41, 5.74) is 4.63. The van der Waals surface area contributed by atoms with Gasteiger partial charge in [0.2, 0.25) is 0 Å². The molecule has 1 saturated heterocycles. The Morgan fingerprint density at radius 2 is 1.50 bits per heavy atom. The molecule has 0 aromatic heterocycles. The van der Waals surface area contributed by atoms with Gasteiger partial charge in [-0.1, -0.05) is 116 Å². The van der Waals surface area contributed by atoms with Crippen molar-refractivity contribution in [3.8, 4) is 0 Å². The predicted molar refractivity (Wildman–Crippen MR) is 187 cm³/mol. The van der Waals surface area contributed by atoms with E-state index in [0.717, 1.165) is 23.7 Å². The van der Waals surface area contributed by atoms with Gasteiger partial charge in [0.1, 0.15) is 0 Å². The van der Waals surface area contributed by atoms with E-state index in [9.17, 15) is 0 Å². The first-order valence-corrected chi connectivity index (χ1v) is 18.9. The monoisotopic (exact) mass is 704 g/mol. The predicted octanol–water partition coefficient (Wildman–Crippen LogP) is 10.1. The van der Waals surface area contributed by atoms with Crippen LogP contribution in [0.1, 0.15) is 72.8 Å². The van der Waals surface area contributed by atoms with Crippen LogP contribution >= 0.6 is 55.4 Å². The first kappa shape index (κ1) is 31.0. The number of halogens is 2. The zero-order valence-electron chi connectivity index (χ0n) is 25.1. The minimum atomic E-state index is 0.148. The molecule has 40 heavy (non-hydrogen) atoms. The van der Waals surface area contributed by atoms with Gasteiger partial charge >= 0.3 is 0 Å². The summed E-state index contributed by atoms with van der Waals surface area (Å²) < 4.78 is 0. The van der Waals surface area contributed by atoms with E-state index in [0.29, 0.717) is 23.4 Å². The lowest BCUT2D eigenvalue weighted by atomic mass is 9.82. The van der Waals surface area contributed by atoms with Gasteiger partial charge in [0.25, 0.3) is 0 Å². The van der Waals surface area contributed by atoms with Gasteiger partial charge in [-0.2, -0.15) is 0 Å². The second kappa shape index (κ2) is 12.7. The van der Waals surface area contributed by atoms with Crippen molar-refractivity contribution in [3.05, 3.63) is 69.5 Å². The average molecular weight is 707 g/mol. The van der Waals surface area contributed by atoms with Crippen LogP contribution in [0.5, 0.6) is 0 Å². The Labute approximate surface area is 268 Å². The van der Waals surface area contributed by atoms with Gasteiger partial charge in [0, 0.05) is 43.2 Å². The molecule has 0 bridgehead atoms. The molecule has 0 N–H and O–H groups in total. The number of fused-ring (bicyclic) bond motifs is 4. The maximum absolute atomic E-state index is 3.67. The highest BCUT2D eigenvalue weighted by Gasteiger charge is 2.43. The van der Waals surface area contributed by atoms with Crippen molar-refractivity contribution in [3.63, 3.8) is 0 Å². The Kier molecular flexibility index (Phi) is 9.84. The number of hydrogen-bond donors (Lipinski definition) is 0. The summed E-state index contributed by atoms with van der Waals surface area (Å²) in [4.78, 5) is 10.0. The van der Waals surface area contributed by atoms with Crippen LogP contribution < -0.4 is 4.90 Å². The molecule has 2 nitrogen and oxygen atoms in total. The van der Waals surface area contributed by atoms with Crippen molar-refractivity contribution in [2.24, 2.45) is 5.41 Å². The first-order valence-electron chi connectivity index (χ1n) is 15.0. The smallest absolute Gasteiger partial charge is 0.0797 e. The molecule has 0 spiro atoms. The molecule has 2 aliphatic carbocycles. The van der Waals surface area contributed by atoms with Crippen molar-refractivity contribution in [1.82, 2.24) is 4.90 Å². The van der Waals surface area contributed by atoms with Gasteiger partial charge in [0.15, 0.2) is 0 Å². The van der Waals surface area contributed by atoms with Crippen LogP contribution in [0.3, 0.4) is 0 Å². The van der Waals surface area contributed by atoms with E-state index in [1.165, 1.54) is 52.3 Å². The van der Waals surface area contributed by atoms with Gasteiger partial charge in [0.05, 0.1) is 17.8 Å². The fourth-order valence-corrected chi connectivity index (χ4v) is 9.66. The summed E-state index contributed by atoms with van der Waals surface area (Å²) in [6, 6.07) is 8.38. The summed E-state index contributed by atoms with van der Waals surface area (Å²) in [5, 5.41) is 2.62. The van der Waals surface area contributed by atoms with Gasteiger partial charge in [-0.25, -0.2) is 0 Å². The molecule has 0 radical (unpaired) electrons. The highest BCUT2D eigenvalue weighted by molar-refractivity contribution is 9.09. The Morgan fingerprint density at radius 3 is 2.17 bits per heavy atom. The zero-order chi connectivity index (χ0) is 28.7. The Balaban J connectivity index is 1.53. The van der Waals surface area contributed by atoms with Crippen molar-refractivity contribution in [2.75, 3.05) is 28.6 Å². The second-order valence-corrected chi connectivity index (χ2v) is 17.5. The Morgan fingerprint density at radius 1 is 0.800 bits per heavy atom. The SMILES string of the molecule is CC(C)(C)C1=CC2SC3=CC4C(=CC3N(CCCCBr)C2C=C1)Sc1cc(C(C)(C)C)ccc1N4CCCCBr. The van der Waals surface area contributed by atoms with E-state index in [4.69, 9.17) is 0 Å². The van der Waals surface area contributed by atoms with Crippen LogP contribution in [-0.4, -0.2) is 52.0 Å². The molecule has 1 fully saturated rings. The van der Waals surface area contributed by atoms with Crippen LogP contribution in [0.2, 0.25) is 0 Å². The maximum atomic E-state index is 3.67. The first-order chi connectivity index (χ1) is 19.0. The lowest BCUT2D eigenvalue weighted by Gasteiger charge is -2.50. The van der Waals surface area contributed by atoms with Gasteiger partial charge in [-0.3, -0.25) is 4.90 Å². The number of unbranched alkanes of at least 4 members (excludes halogenated alkanes) is 2. The fourth-order valence-electron chi connectivity index (χ4n) is 6.16. The van der Waals surface area contributed by atoms with Gasteiger partial charge < -0.3 is 4.90 Å². The summed E-state index contributed by atoms with van der Waals surface area (Å²) in [6.45, 7) is 16.2. The zero-order valence-corrected chi connectivity index (χ0v) is 29.9. The molecule has 1 aromatic rings. The van der Waals surface area contributed by atoms with Crippen LogP contribution in [0.25, 0.3) is 0 Å². The van der Waals surface area contributed by atoms with Gasteiger partial charge in [-0.15, -0.1) is 11.8 Å². The fraction of sp³-hybridized carbons (Fsp3) is 0.588. The number of rotatable bonds is 8. The van der Waals surface area contributed by atoms with E-state index in [1.54, 1.807) is 4.91 Å².